The number of furan rings is 1. The summed E-state index contributed by atoms with van der Waals surface area (Å²) in [4.78, 5) is 12.7. The molecular formula is C19H25ClN2O5S. The smallest absolute Gasteiger partial charge is 0.251 e. The first-order valence-electron chi connectivity index (χ1n) is 8.98. The van der Waals surface area contributed by atoms with Crippen LogP contribution < -0.4 is 5.32 Å². The van der Waals surface area contributed by atoms with Crippen LogP contribution in [-0.4, -0.2) is 45.4 Å². The zero-order valence-electron chi connectivity index (χ0n) is 16.1. The largest absolute Gasteiger partial charge is 0.467 e. The number of carbonyl (C=O) groups is 1. The van der Waals surface area contributed by atoms with Crippen LogP contribution in [0.15, 0.2) is 45.9 Å². The van der Waals surface area contributed by atoms with Crippen LogP contribution in [0.2, 0.25) is 5.02 Å². The predicted octanol–water partition coefficient (Wildman–Crippen LogP) is 3.47. The fourth-order valence-electron chi connectivity index (χ4n) is 2.80. The van der Waals surface area contributed by atoms with E-state index in [1.165, 1.54) is 28.8 Å². The van der Waals surface area contributed by atoms with Crippen molar-refractivity contribution in [3.05, 3.63) is 52.9 Å². The zero-order valence-corrected chi connectivity index (χ0v) is 17.7. The van der Waals surface area contributed by atoms with E-state index in [2.05, 4.69) is 5.32 Å². The molecule has 0 spiro atoms. The number of ether oxygens (including phenoxy) is 1. The lowest BCUT2D eigenvalue weighted by atomic mass is 10.1. The molecule has 0 aliphatic carbocycles. The molecular weight excluding hydrogens is 404 g/mol. The van der Waals surface area contributed by atoms with Gasteiger partial charge in [-0.1, -0.05) is 25.4 Å². The molecule has 0 radical (unpaired) electrons. The van der Waals surface area contributed by atoms with Gasteiger partial charge in [0.1, 0.15) is 10.7 Å². The van der Waals surface area contributed by atoms with Crippen LogP contribution in [-0.2, 0) is 14.8 Å². The van der Waals surface area contributed by atoms with Crippen LogP contribution in [0, 0.1) is 0 Å². The lowest BCUT2D eigenvalue weighted by molar-refractivity contribution is 0.0917. The van der Waals surface area contributed by atoms with E-state index in [-0.39, 0.29) is 15.5 Å². The van der Waals surface area contributed by atoms with Gasteiger partial charge in [-0.05, 0) is 36.8 Å². The molecule has 1 atom stereocenters. The zero-order chi connectivity index (χ0) is 20.7. The maximum Gasteiger partial charge on any atom is 0.251 e. The third-order valence-electron chi connectivity index (χ3n) is 4.32. The van der Waals surface area contributed by atoms with Crippen LogP contribution in [0.5, 0.6) is 0 Å². The number of benzene rings is 1. The van der Waals surface area contributed by atoms with Crippen LogP contribution >= 0.6 is 11.6 Å². The van der Waals surface area contributed by atoms with Gasteiger partial charge in [0.05, 0.1) is 17.3 Å². The first-order chi connectivity index (χ1) is 13.3. The Morgan fingerprint density at radius 3 is 2.57 bits per heavy atom. The fraction of sp³-hybridized carbons (Fsp3) is 0.421. The minimum atomic E-state index is -3.79. The van der Waals surface area contributed by atoms with Crippen molar-refractivity contribution in [2.24, 2.45) is 0 Å². The molecule has 0 saturated heterocycles. The monoisotopic (exact) mass is 428 g/mol. The second-order valence-corrected chi connectivity index (χ2v) is 8.37. The SMILES string of the molecule is CCN(CC)S(=O)(=O)c1cc(C(=O)N[C@H](CCOC)c2ccco2)ccc1Cl. The molecule has 1 amide bonds. The molecule has 1 aromatic heterocycles. The van der Waals surface area contributed by atoms with Gasteiger partial charge >= 0.3 is 0 Å². The molecule has 1 heterocycles. The number of carbonyl (C=O) groups excluding carboxylic acids is 1. The summed E-state index contributed by atoms with van der Waals surface area (Å²) in [6.45, 7) is 4.53. The number of nitrogens with one attached hydrogen (secondary N) is 1. The topological polar surface area (TPSA) is 88.9 Å². The Labute approximate surface area is 170 Å². The molecule has 0 unspecified atom stereocenters. The van der Waals surface area contributed by atoms with E-state index >= 15 is 0 Å². The van der Waals surface area contributed by atoms with Crippen LogP contribution in [0.1, 0.15) is 42.4 Å². The maximum absolute atomic E-state index is 12.8. The Bertz CT molecular complexity index is 880. The Hall–Kier alpha value is -1.87. The average Bonchev–Trinajstić information content (AvgIpc) is 3.20. The molecule has 154 valence electrons. The number of hydrogen-bond donors (Lipinski definition) is 1. The molecule has 1 N–H and O–H groups in total. The van der Waals surface area contributed by atoms with E-state index in [9.17, 15) is 13.2 Å². The summed E-state index contributed by atoms with van der Waals surface area (Å²) < 4.78 is 37.4. The van der Waals surface area contributed by atoms with E-state index in [1.807, 2.05) is 0 Å². The van der Waals surface area contributed by atoms with Crippen molar-refractivity contribution in [2.45, 2.75) is 31.2 Å². The van der Waals surface area contributed by atoms with E-state index < -0.39 is 22.0 Å². The number of halogens is 1. The Morgan fingerprint density at radius 2 is 2.00 bits per heavy atom. The van der Waals surface area contributed by atoms with Crippen LogP contribution in [0.25, 0.3) is 0 Å². The quantitative estimate of drug-likeness (QED) is 0.625. The Kier molecular flexibility index (Phi) is 8.06. The molecule has 0 saturated carbocycles. The Balaban J connectivity index is 2.31. The second kappa shape index (κ2) is 10.1. The van der Waals surface area contributed by atoms with Gasteiger partial charge in [0.15, 0.2) is 0 Å². The standard InChI is InChI=1S/C19H25ClN2O5S/c1-4-22(5-2)28(24,25)18-13-14(8-9-15(18)20)19(23)21-16(10-12-26-3)17-7-6-11-27-17/h6-9,11,13,16H,4-5,10,12H2,1-3H3,(H,21,23)/t16-/m1/s1. The summed E-state index contributed by atoms with van der Waals surface area (Å²) in [6, 6.07) is 7.32. The summed E-state index contributed by atoms with van der Waals surface area (Å²) in [5.41, 5.74) is 0.198. The fourth-order valence-corrected chi connectivity index (χ4v) is 4.76. The molecule has 2 aromatic rings. The number of hydrogen-bond acceptors (Lipinski definition) is 5. The van der Waals surface area contributed by atoms with Crippen molar-refractivity contribution in [3.8, 4) is 0 Å². The molecule has 9 heteroatoms. The predicted molar refractivity (Wildman–Crippen MR) is 107 cm³/mol. The van der Waals surface area contributed by atoms with Gasteiger partial charge in [-0.25, -0.2) is 8.42 Å². The van der Waals surface area contributed by atoms with Crippen molar-refractivity contribution < 1.29 is 22.4 Å². The number of amides is 1. The summed E-state index contributed by atoms with van der Waals surface area (Å²) in [5.74, 6) is 0.167. The molecule has 0 bridgehead atoms. The van der Waals surface area contributed by atoms with E-state index in [0.29, 0.717) is 31.9 Å². The van der Waals surface area contributed by atoms with E-state index in [4.69, 9.17) is 20.8 Å². The Morgan fingerprint density at radius 1 is 1.29 bits per heavy atom. The first kappa shape index (κ1) is 22.4. The minimum absolute atomic E-state index is 0.0745. The van der Waals surface area contributed by atoms with Crippen molar-refractivity contribution in [1.82, 2.24) is 9.62 Å². The minimum Gasteiger partial charge on any atom is -0.467 e. The van der Waals surface area contributed by atoms with Gasteiger partial charge in [-0.15, -0.1) is 0 Å². The van der Waals surface area contributed by atoms with Crippen molar-refractivity contribution in [2.75, 3.05) is 26.8 Å². The normalized spacial score (nSPS) is 12.9. The molecule has 7 nitrogen and oxygen atoms in total. The summed E-state index contributed by atoms with van der Waals surface area (Å²) >= 11 is 6.13. The van der Waals surface area contributed by atoms with Crippen molar-refractivity contribution in [3.63, 3.8) is 0 Å². The van der Waals surface area contributed by atoms with Gasteiger partial charge < -0.3 is 14.5 Å². The third kappa shape index (κ3) is 5.14. The summed E-state index contributed by atoms with van der Waals surface area (Å²) in [5, 5.41) is 2.94. The highest BCUT2D eigenvalue weighted by Gasteiger charge is 2.26. The number of rotatable bonds is 10. The number of sulfonamides is 1. The van der Waals surface area contributed by atoms with Gasteiger partial charge in [0.25, 0.3) is 5.91 Å². The second-order valence-electron chi connectivity index (χ2n) is 6.06. The first-order valence-corrected chi connectivity index (χ1v) is 10.8. The third-order valence-corrected chi connectivity index (χ3v) is 6.85. The maximum atomic E-state index is 12.8. The van der Waals surface area contributed by atoms with Gasteiger partial charge in [0.2, 0.25) is 10.0 Å². The highest BCUT2D eigenvalue weighted by Crippen LogP contribution is 2.26. The van der Waals surface area contributed by atoms with Gasteiger partial charge in [-0.2, -0.15) is 4.31 Å². The molecule has 28 heavy (non-hydrogen) atoms. The molecule has 0 aliphatic heterocycles. The molecule has 2 rings (SSSR count). The molecule has 1 aromatic carbocycles. The lowest BCUT2D eigenvalue weighted by Crippen LogP contribution is -2.32. The van der Waals surface area contributed by atoms with Crippen LogP contribution in [0.3, 0.4) is 0 Å². The molecule has 0 aliphatic rings. The van der Waals surface area contributed by atoms with Gasteiger partial charge in [0, 0.05) is 32.4 Å². The van der Waals surface area contributed by atoms with Crippen molar-refractivity contribution in [1.29, 1.82) is 0 Å². The number of nitrogens with zero attached hydrogens (tertiary/aromatic N) is 1. The highest BCUT2D eigenvalue weighted by atomic mass is 35.5. The van der Waals surface area contributed by atoms with Crippen LogP contribution in [0.4, 0.5) is 0 Å². The van der Waals surface area contributed by atoms with Gasteiger partial charge in [-0.3, -0.25) is 4.79 Å². The highest BCUT2D eigenvalue weighted by molar-refractivity contribution is 7.89. The summed E-state index contributed by atoms with van der Waals surface area (Å²) in [6.07, 6.45) is 2.03. The average molecular weight is 429 g/mol. The van der Waals surface area contributed by atoms with E-state index in [1.54, 1.807) is 33.1 Å². The lowest BCUT2D eigenvalue weighted by Gasteiger charge is -2.20. The van der Waals surface area contributed by atoms with Crippen molar-refractivity contribution >= 4 is 27.5 Å². The summed E-state index contributed by atoms with van der Waals surface area (Å²) in [7, 11) is -2.22. The van der Waals surface area contributed by atoms with E-state index in [0.717, 1.165) is 0 Å². The number of methoxy groups -OCH3 is 1. The molecule has 0 fully saturated rings.